The van der Waals surface area contributed by atoms with Gasteiger partial charge < -0.3 is 9.64 Å². The number of amides is 1. The molecule has 13 heavy (non-hydrogen) atoms. The fourth-order valence-electron chi connectivity index (χ4n) is 0.765. The Morgan fingerprint density at radius 1 is 1.54 bits per heavy atom. The van der Waals surface area contributed by atoms with Gasteiger partial charge in [0.15, 0.2) is 0 Å². The van der Waals surface area contributed by atoms with Crippen molar-refractivity contribution < 1.29 is 14.3 Å². The highest BCUT2D eigenvalue weighted by Gasteiger charge is 2.08. The molecule has 0 saturated carbocycles. The van der Waals surface area contributed by atoms with Crippen LogP contribution in [0.1, 0.15) is 12.8 Å². The lowest BCUT2D eigenvalue weighted by Crippen LogP contribution is -2.28. The Bertz CT molecular complexity index is 201. The maximum Gasteiger partial charge on any atom is 0.307 e. The van der Waals surface area contributed by atoms with Crippen LogP contribution < -0.4 is 0 Å². The quantitative estimate of drug-likeness (QED) is 0.465. The highest BCUT2D eigenvalue weighted by atomic mass is 16.5. The Balaban J connectivity index is 3.73. The van der Waals surface area contributed by atoms with Gasteiger partial charge in [-0.05, 0) is 0 Å². The summed E-state index contributed by atoms with van der Waals surface area (Å²) in [6, 6.07) is 0. The molecule has 0 N–H and O–H groups in total. The second-order valence-electron chi connectivity index (χ2n) is 2.63. The van der Waals surface area contributed by atoms with Crippen molar-refractivity contribution in [2.75, 3.05) is 20.7 Å². The van der Waals surface area contributed by atoms with Gasteiger partial charge in [0.25, 0.3) is 0 Å². The number of rotatable bonds is 5. The highest BCUT2D eigenvalue weighted by molar-refractivity contribution is 5.78. The summed E-state index contributed by atoms with van der Waals surface area (Å²) in [7, 11) is 2.97. The van der Waals surface area contributed by atoms with Crippen LogP contribution in [0.25, 0.3) is 0 Å². The van der Waals surface area contributed by atoms with Gasteiger partial charge >= 0.3 is 5.97 Å². The maximum absolute atomic E-state index is 11.1. The summed E-state index contributed by atoms with van der Waals surface area (Å²) in [6.45, 7) is 3.84. The van der Waals surface area contributed by atoms with Crippen LogP contribution in [0, 0.1) is 0 Å². The van der Waals surface area contributed by atoms with E-state index in [1.165, 1.54) is 18.1 Å². The predicted octanol–water partition coefficient (Wildman–Crippen LogP) is 0.584. The molecule has 0 atom stereocenters. The van der Waals surface area contributed by atoms with E-state index >= 15 is 0 Å². The molecule has 0 heterocycles. The van der Waals surface area contributed by atoms with Crippen LogP contribution in [0.2, 0.25) is 0 Å². The molecule has 0 aliphatic carbocycles. The first-order chi connectivity index (χ1) is 6.11. The van der Waals surface area contributed by atoms with Crippen molar-refractivity contribution in [1.29, 1.82) is 0 Å². The third kappa shape index (κ3) is 5.00. The van der Waals surface area contributed by atoms with Gasteiger partial charge in [-0.3, -0.25) is 9.59 Å². The minimum Gasteiger partial charge on any atom is -0.469 e. The zero-order valence-electron chi connectivity index (χ0n) is 8.08. The number of carbonyl (C=O) groups excluding carboxylic acids is 2. The molecule has 0 unspecified atom stereocenters. The lowest BCUT2D eigenvalue weighted by Gasteiger charge is -2.14. The second kappa shape index (κ2) is 6.22. The van der Waals surface area contributed by atoms with Crippen molar-refractivity contribution in [1.82, 2.24) is 4.90 Å². The van der Waals surface area contributed by atoms with Gasteiger partial charge in [0.2, 0.25) is 5.91 Å². The maximum atomic E-state index is 11.1. The van der Waals surface area contributed by atoms with E-state index in [4.69, 9.17) is 0 Å². The molecule has 4 heteroatoms. The van der Waals surface area contributed by atoms with Crippen molar-refractivity contribution in [3.05, 3.63) is 12.7 Å². The molecule has 74 valence electrons. The van der Waals surface area contributed by atoms with Crippen LogP contribution in [0.4, 0.5) is 0 Å². The topological polar surface area (TPSA) is 46.6 Å². The standard InChI is InChI=1S/C9H15NO3/c1-4-5-8(11)10(2)7-6-9(12)13-3/h4H,1,5-7H2,2-3H3. The lowest BCUT2D eigenvalue weighted by molar-refractivity contribution is -0.141. The van der Waals surface area contributed by atoms with Gasteiger partial charge in [0, 0.05) is 20.0 Å². The summed E-state index contributed by atoms with van der Waals surface area (Å²) in [5, 5.41) is 0. The van der Waals surface area contributed by atoms with Gasteiger partial charge in [0.1, 0.15) is 0 Å². The predicted molar refractivity (Wildman–Crippen MR) is 49.1 cm³/mol. The first-order valence-corrected chi connectivity index (χ1v) is 4.03. The molecular weight excluding hydrogens is 170 g/mol. The molecular formula is C9H15NO3. The van der Waals surface area contributed by atoms with Crippen molar-refractivity contribution in [2.24, 2.45) is 0 Å². The molecule has 1 amide bonds. The number of hydrogen-bond acceptors (Lipinski definition) is 3. The summed E-state index contributed by atoms with van der Waals surface area (Å²) in [4.78, 5) is 23.3. The van der Waals surface area contributed by atoms with Gasteiger partial charge in [-0.1, -0.05) is 6.08 Å². The number of esters is 1. The summed E-state index contributed by atoms with van der Waals surface area (Å²) >= 11 is 0. The Labute approximate surface area is 78.2 Å². The van der Waals surface area contributed by atoms with Gasteiger partial charge in [0.05, 0.1) is 13.5 Å². The fourth-order valence-corrected chi connectivity index (χ4v) is 0.765. The molecule has 0 spiro atoms. The summed E-state index contributed by atoms with van der Waals surface area (Å²) < 4.78 is 4.44. The summed E-state index contributed by atoms with van der Waals surface area (Å²) in [5.74, 6) is -0.350. The Hall–Kier alpha value is -1.32. The smallest absolute Gasteiger partial charge is 0.307 e. The fraction of sp³-hybridized carbons (Fsp3) is 0.556. The zero-order chi connectivity index (χ0) is 10.3. The van der Waals surface area contributed by atoms with Crippen LogP contribution in [0.15, 0.2) is 12.7 Å². The normalized spacial score (nSPS) is 9.08. The molecule has 0 aliphatic heterocycles. The molecule has 0 aromatic heterocycles. The third-order valence-corrected chi connectivity index (χ3v) is 1.62. The van der Waals surface area contributed by atoms with Crippen molar-refractivity contribution >= 4 is 11.9 Å². The Morgan fingerprint density at radius 3 is 2.62 bits per heavy atom. The zero-order valence-corrected chi connectivity index (χ0v) is 8.08. The molecule has 0 rings (SSSR count). The van der Waals surface area contributed by atoms with Crippen molar-refractivity contribution in [2.45, 2.75) is 12.8 Å². The summed E-state index contributed by atoms with van der Waals surface area (Å²) in [6.07, 6.45) is 2.07. The van der Waals surface area contributed by atoms with E-state index in [1.54, 1.807) is 7.05 Å². The van der Waals surface area contributed by atoms with Gasteiger partial charge in [-0.2, -0.15) is 0 Å². The number of nitrogens with zero attached hydrogens (tertiary/aromatic N) is 1. The molecule has 0 fully saturated rings. The molecule has 4 nitrogen and oxygen atoms in total. The minimum absolute atomic E-state index is 0.0427. The van der Waals surface area contributed by atoms with E-state index in [2.05, 4.69) is 11.3 Å². The van der Waals surface area contributed by atoms with Crippen molar-refractivity contribution in [3.63, 3.8) is 0 Å². The third-order valence-electron chi connectivity index (χ3n) is 1.62. The molecule has 0 saturated heterocycles. The Kier molecular flexibility index (Phi) is 5.59. The average molecular weight is 185 g/mol. The lowest BCUT2D eigenvalue weighted by atomic mass is 10.3. The van der Waals surface area contributed by atoms with Crippen LogP contribution in [-0.4, -0.2) is 37.5 Å². The number of ether oxygens (including phenoxy) is 1. The van der Waals surface area contributed by atoms with Crippen LogP contribution in [-0.2, 0) is 14.3 Å². The van der Waals surface area contributed by atoms with Crippen LogP contribution in [0.5, 0.6) is 0 Å². The number of methoxy groups -OCH3 is 1. The second-order valence-corrected chi connectivity index (χ2v) is 2.63. The highest BCUT2D eigenvalue weighted by Crippen LogP contribution is 1.94. The van der Waals surface area contributed by atoms with Crippen LogP contribution >= 0.6 is 0 Å². The molecule has 0 aromatic carbocycles. The van der Waals surface area contributed by atoms with E-state index in [1.807, 2.05) is 0 Å². The van der Waals surface area contributed by atoms with Crippen molar-refractivity contribution in [3.8, 4) is 0 Å². The SMILES string of the molecule is C=CCC(=O)N(C)CCC(=O)OC. The van der Waals surface area contributed by atoms with E-state index in [-0.39, 0.29) is 18.3 Å². The minimum atomic E-state index is -0.307. The number of hydrogen-bond donors (Lipinski definition) is 0. The first kappa shape index (κ1) is 11.7. The first-order valence-electron chi connectivity index (χ1n) is 4.03. The Morgan fingerprint density at radius 2 is 2.15 bits per heavy atom. The summed E-state index contributed by atoms with van der Waals surface area (Å²) in [5.41, 5.74) is 0. The van der Waals surface area contributed by atoms with E-state index in [9.17, 15) is 9.59 Å². The number of carbonyl (C=O) groups is 2. The average Bonchev–Trinajstić information content (AvgIpc) is 2.13. The van der Waals surface area contributed by atoms with E-state index in [0.717, 1.165) is 0 Å². The van der Waals surface area contributed by atoms with Gasteiger partial charge in [-0.25, -0.2) is 0 Å². The van der Waals surface area contributed by atoms with E-state index in [0.29, 0.717) is 13.0 Å². The molecule has 0 aliphatic rings. The van der Waals surface area contributed by atoms with E-state index < -0.39 is 0 Å². The van der Waals surface area contributed by atoms with Gasteiger partial charge in [-0.15, -0.1) is 6.58 Å². The molecule has 0 radical (unpaired) electrons. The monoisotopic (exact) mass is 185 g/mol. The molecule has 0 aromatic rings. The molecule has 0 bridgehead atoms. The largest absolute Gasteiger partial charge is 0.469 e. The van der Waals surface area contributed by atoms with Crippen LogP contribution in [0.3, 0.4) is 0 Å².